The van der Waals surface area contributed by atoms with E-state index in [9.17, 15) is 14.4 Å². The van der Waals surface area contributed by atoms with Crippen molar-refractivity contribution >= 4 is 17.8 Å². The van der Waals surface area contributed by atoms with Crippen molar-refractivity contribution in [2.45, 2.75) is 109 Å². The predicted molar refractivity (Wildman–Crippen MR) is 120 cm³/mol. The molecule has 0 aliphatic carbocycles. The number of allylic oxidation sites excluding steroid dienone is 2. The molecule has 0 fully saturated rings. The molecule has 0 radical (unpaired) electrons. The van der Waals surface area contributed by atoms with Gasteiger partial charge in [-0.3, -0.25) is 9.59 Å². The summed E-state index contributed by atoms with van der Waals surface area (Å²) >= 11 is 0. The molecule has 6 nitrogen and oxygen atoms in total. The molecule has 0 aromatic heterocycles. The molecule has 0 saturated heterocycles. The SMILES string of the molecule is CCCCCCCC/C=C\CCCCCCCC(=O)N[C@H](CC(=O)OC)C(=O)OC. The minimum absolute atomic E-state index is 0.221. The zero-order valence-electron chi connectivity index (χ0n) is 19.4. The van der Waals surface area contributed by atoms with Crippen LogP contribution in [0.5, 0.6) is 0 Å². The summed E-state index contributed by atoms with van der Waals surface area (Å²) < 4.78 is 9.17. The third kappa shape index (κ3) is 17.0. The van der Waals surface area contributed by atoms with Gasteiger partial charge in [0.15, 0.2) is 0 Å². The zero-order chi connectivity index (χ0) is 22.5. The second-order valence-electron chi connectivity index (χ2n) is 7.76. The minimum Gasteiger partial charge on any atom is -0.469 e. The van der Waals surface area contributed by atoms with Crippen LogP contribution < -0.4 is 5.32 Å². The van der Waals surface area contributed by atoms with E-state index in [1.165, 1.54) is 65.6 Å². The van der Waals surface area contributed by atoms with Gasteiger partial charge in [-0.2, -0.15) is 0 Å². The second-order valence-corrected chi connectivity index (χ2v) is 7.76. The number of carbonyl (C=O) groups is 3. The first-order valence-corrected chi connectivity index (χ1v) is 11.6. The Bertz CT molecular complexity index is 490. The summed E-state index contributed by atoms with van der Waals surface area (Å²) in [5.41, 5.74) is 0. The van der Waals surface area contributed by atoms with Gasteiger partial charge in [0.05, 0.1) is 20.6 Å². The Morgan fingerprint density at radius 2 is 1.30 bits per heavy atom. The third-order valence-electron chi connectivity index (χ3n) is 5.09. The number of unbranched alkanes of at least 4 members (excludes halogenated alkanes) is 11. The molecule has 0 aliphatic rings. The van der Waals surface area contributed by atoms with Gasteiger partial charge in [-0.1, -0.05) is 70.4 Å². The van der Waals surface area contributed by atoms with Crippen molar-refractivity contribution in [1.82, 2.24) is 5.32 Å². The van der Waals surface area contributed by atoms with E-state index in [0.717, 1.165) is 32.1 Å². The first-order chi connectivity index (χ1) is 14.5. The van der Waals surface area contributed by atoms with Crippen LogP contribution in [0.2, 0.25) is 0 Å². The maximum Gasteiger partial charge on any atom is 0.328 e. The largest absolute Gasteiger partial charge is 0.469 e. The fourth-order valence-corrected chi connectivity index (χ4v) is 3.21. The first-order valence-electron chi connectivity index (χ1n) is 11.6. The van der Waals surface area contributed by atoms with E-state index in [-0.39, 0.29) is 12.3 Å². The molecule has 0 saturated carbocycles. The Kier molecular flexibility index (Phi) is 19.2. The standard InChI is InChI=1S/C24H43NO5/c1-4-5-6-7-8-9-10-11-12-13-14-15-16-17-18-19-22(26)25-21(24(28)30-3)20-23(27)29-2/h11-12,21H,4-10,13-20H2,1-3H3,(H,25,26)/b12-11-/t21-/m1/s1. The highest BCUT2D eigenvalue weighted by Gasteiger charge is 2.24. The van der Waals surface area contributed by atoms with E-state index >= 15 is 0 Å². The summed E-state index contributed by atoms with van der Waals surface area (Å²) in [5, 5.41) is 2.56. The molecule has 0 heterocycles. The van der Waals surface area contributed by atoms with Gasteiger partial charge >= 0.3 is 11.9 Å². The van der Waals surface area contributed by atoms with Gasteiger partial charge in [0.25, 0.3) is 0 Å². The molecular formula is C24H43NO5. The molecular weight excluding hydrogens is 382 g/mol. The molecule has 1 atom stereocenters. The molecule has 0 bridgehead atoms. The van der Waals surface area contributed by atoms with Crippen molar-refractivity contribution in [1.29, 1.82) is 0 Å². The molecule has 0 aliphatic heterocycles. The second kappa shape index (κ2) is 20.4. The van der Waals surface area contributed by atoms with Crippen LogP contribution in [0.1, 0.15) is 103 Å². The monoisotopic (exact) mass is 425 g/mol. The fourth-order valence-electron chi connectivity index (χ4n) is 3.21. The van der Waals surface area contributed by atoms with Gasteiger partial charge < -0.3 is 14.8 Å². The number of methoxy groups -OCH3 is 2. The van der Waals surface area contributed by atoms with Crippen LogP contribution in [-0.2, 0) is 23.9 Å². The van der Waals surface area contributed by atoms with Crippen LogP contribution in [-0.4, -0.2) is 38.1 Å². The smallest absolute Gasteiger partial charge is 0.328 e. The Balaban J connectivity index is 3.66. The molecule has 1 amide bonds. The van der Waals surface area contributed by atoms with Crippen LogP contribution >= 0.6 is 0 Å². The molecule has 174 valence electrons. The van der Waals surface area contributed by atoms with E-state index in [4.69, 9.17) is 0 Å². The Hall–Kier alpha value is -1.85. The van der Waals surface area contributed by atoms with Crippen LogP contribution in [0.25, 0.3) is 0 Å². The molecule has 6 heteroatoms. The van der Waals surface area contributed by atoms with Crippen LogP contribution in [0.3, 0.4) is 0 Å². The molecule has 0 unspecified atom stereocenters. The highest BCUT2D eigenvalue weighted by atomic mass is 16.5. The van der Waals surface area contributed by atoms with Crippen LogP contribution in [0.4, 0.5) is 0 Å². The van der Waals surface area contributed by atoms with Crippen molar-refractivity contribution < 1.29 is 23.9 Å². The van der Waals surface area contributed by atoms with Crippen molar-refractivity contribution in [2.24, 2.45) is 0 Å². The van der Waals surface area contributed by atoms with E-state index in [0.29, 0.717) is 6.42 Å². The molecule has 30 heavy (non-hydrogen) atoms. The molecule has 0 spiro atoms. The van der Waals surface area contributed by atoms with Crippen molar-refractivity contribution in [2.75, 3.05) is 14.2 Å². The lowest BCUT2D eigenvalue weighted by Crippen LogP contribution is -2.43. The number of carbonyl (C=O) groups excluding carboxylic acids is 3. The summed E-state index contributed by atoms with van der Waals surface area (Å²) in [6, 6.07) is -0.988. The number of esters is 2. The number of hydrogen-bond acceptors (Lipinski definition) is 5. The zero-order valence-corrected chi connectivity index (χ0v) is 19.4. The summed E-state index contributed by atoms with van der Waals surface area (Å²) in [4.78, 5) is 35.0. The first kappa shape index (κ1) is 28.1. The van der Waals surface area contributed by atoms with E-state index in [2.05, 4.69) is 33.9 Å². The Morgan fingerprint density at radius 3 is 1.83 bits per heavy atom. The summed E-state index contributed by atoms with van der Waals surface area (Å²) in [7, 11) is 2.46. The maximum absolute atomic E-state index is 12.0. The average Bonchev–Trinajstić information content (AvgIpc) is 2.75. The van der Waals surface area contributed by atoms with Gasteiger partial charge in [-0.15, -0.1) is 0 Å². The van der Waals surface area contributed by atoms with Crippen molar-refractivity contribution in [3.63, 3.8) is 0 Å². The number of ether oxygens (including phenoxy) is 2. The van der Waals surface area contributed by atoms with Gasteiger partial charge in [-0.25, -0.2) is 4.79 Å². The Morgan fingerprint density at radius 1 is 0.767 bits per heavy atom. The average molecular weight is 426 g/mol. The quantitative estimate of drug-likeness (QED) is 0.174. The lowest BCUT2D eigenvalue weighted by atomic mass is 10.1. The van der Waals surface area contributed by atoms with Crippen LogP contribution in [0.15, 0.2) is 12.2 Å². The highest BCUT2D eigenvalue weighted by molar-refractivity contribution is 5.87. The van der Waals surface area contributed by atoms with Gasteiger partial charge in [0, 0.05) is 6.42 Å². The van der Waals surface area contributed by atoms with E-state index in [1.54, 1.807) is 0 Å². The molecule has 1 N–H and O–H groups in total. The van der Waals surface area contributed by atoms with Crippen molar-refractivity contribution in [3.8, 4) is 0 Å². The number of hydrogen-bond donors (Lipinski definition) is 1. The van der Waals surface area contributed by atoms with Crippen molar-refractivity contribution in [3.05, 3.63) is 12.2 Å². The lowest BCUT2D eigenvalue weighted by molar-refractivity contribution is -0.150. The van der Waals surface area contributed by atoms with E-state index < -0.39 is 18.0 Å². The van der Waals surface area contributed by atoms with Gasteiger partial charge in [0.2, 0.25) is 5.91 Å². The third-order valence-corrected chi connectivity index (χ3v) is 5.09. The highest BCUT2D eigenvalue weighted by Crippen LogP contribution is 2.10. The van der Waals surface area contributed by atoms with Crippen LogP contribution in [0, 0.1) is 0 Å². The topological polar surface area (TPSA) is 81.7 Å². The number of rotatable bonds is 19. The minimum atomic E-state index is -0.988. The maximum atomic E-state index is 12.0. The summed E-state index contributed by atoms with van der Waals surface area (Å²) in [6.45, 7) is 2.25. The van der Waals surface area contributed by atoms with E-state index in [1.807, 2.05) is 0 Å². The molecule has 0 rings (SSSR count). The number of amides is 1. The fraction of sp³-hybridized carbons (Fsp3) is 0.792. The van der Waals surface area contributed by atoms with Gasteiger partial charge in [-0.05, 0) is 32.1 Å². The van der Waals surface area contributed by atoms with Gasteiger partial charge in [0.1, 0.15) is 6.04 Å². The summed E-state index contributed by atoms with van der Waals surface area (Å²) in [5.74, 6) is -1.45. The normalized spacial score (nSPS) is 12.0. The predicted octanol–water partition coefficient (Wildman–Crippen LogP) is 5.24. The lowest BCUT2D eigenvalue weighted by Gasteiger charge is -2.15. The Labute approximate surface area is 183 Å². The molecule has 0 aromatic rings. The summed E-state index contributed by atoms with van der Waals surface area (Å²) in [6.07, 6.45) is 20.3. The number of nitrogens with one attached hydrogen (secondary N) is 1. The molecule has 0 aromatic carbocycles.